The number of nitrogens with two attached hydrogens (primary N) is 1. The van der Waals surface area contributed by atoms with Gasteiger partial charge in [0, 0.05) is 48.4 Å². The van der Waals surface area contributed by atoms with Crippen LogP contribution in [0, 0.1) is 0 Å². The SMILES string of the molecule is CC(=O)[C@@]1(O)Cc2c(O)c3c(c(O)c2[C@H](O[C@H]2C[C@@H](N)[C@H](O[C@@H](C[C@@H](C)O)O[C@@H](C)CO)[C@@H](C)O2)C1)C(=O)c1c(O)cccc1C3=O. The molecular formula is C33H41NO13. The van der Waals surface area contributed by atoms with Crippen molar-refractivity contribution in [2.24, 2.45) is 5.73 Å². The minimum Gasteiger partial charge on any atom is -0.507 e. The number of hydrogen-bond acceptors (Lipinski definition) is 14. The third kappa shape index (κ3) is 6.39. The van der Waals surface area contributed by atoms with Gasteiger partial charge >= 0.3 is 0 Å². The highest BCUT2D eigenvalue weighted by Gasteiger charge is 2.49. The molecule has 5 rings (SSSR count). The quantitative estimate of drug-likeness (QED) is 0.120. The first kappa shape index (κ1) is 34.9. The van der Waals surface area contributed by atoms with Crippen LogP contribution in [0.2, 0.25) is 0 Å². The van der Waals surface area contributed by atoms with Crippen LogP contribution in [0.15, 0.2) is 18.2 Å². The molecule has 8 N–H and O–H groups in total. The molecule has 0 saturated carbocycles. The second-order valence-corrected chi connectivity index (χ2v) is 12.7. The molecule has 1 aliphatic heterocycles. The summed E-state index contributed by atoms with van der Waals surface area (Å²) in [7, 11) is 0. The third-order valence-electron chi connectivity index (χ3n) is 9.04. The van der Waals surface area contributed by atoms with E-state index in [-0.39, 0.29) is 41.7 Å². The highest BCUT2D eigenvalue weighted by molar-refractivity contribution is 6.31. The average molecular weight is 660 g/mol. The molecule has 14 heteroatoms. The van der Waals surface area contributed by atoms with Crippen molar-refractivity contribution in [2.75, 3.05) is 6.61 Å². The van der Waals surface area contributed by atoms with Crippen LogP contribution in [0.25, 0.3) is 0 Å². The second kappa shape index (κ2) is 13.2. The molecule has 0 aromatic heterocycles. The van der Waals surface area contributed by atoms with Gasteiger partial charge in [-0.25, -0.2) is 0 Å². The maximum Gasteiger partial charge on any atom is 0.202 e. The maximum absolute atomic E-state index is 13.6. The second-order valence-electron chi connectivity index (χ2n) is 12.7. The van der Waals surface area contributed by atoms with Gasteiger partial charge in [-0.05, 0) is 33.8 Å². The number of phenolic OH excluding ortho intramolecular Hbond substituents is 3. The first-order valence-corrected chi connectivity index (χ1v) is 15.5. The summed E-state index contributed by atoms with van der Waals surface area (Å²) in [5, 5.41) is 64.2. The average Bonchev–Trinajstić information content (AvgIpc) is 2.98. The summed E-state index contributed by atoms with van der Waals surface area (Å²) >= 11 is 0. The van der Waals surface area contributed by atoms with Gasteiger partial charge in [0.15, 0.2) is 24.1 Å². The summed E-state index contributed by atoms with van der Waals surface area (Å²) < 4.78 is 24.1. The minimum atomic E-state index is -2.07. The van der Waals surface area contributed by atoms with E-state index in [9.17, 15) is 45.0 Å². The van der Waals surface area contributed by atoms with Gasteiger partial charge in [-0.2, -0.15) is 0 Å². The number of ketones is 3. The Morgan fingerprint density at radius 1 is 1.11 bits per heavy atom. The lowest BCUT2D eigenvalue weighted by atomic mass is 9.72. The van der Waals surface area contributed by atoms with E-state index in [0.717, 1.165) is 6.92 Å². The molecule has 0 unspecified atom stereocenters. The summed E-state index contributed by atoms with van der Waals surface area (Å²) in [6.07, 6.45) is -6.88. The van der Waals surface area contributed by atoms with Gasteiger partial charge in [0.1, 0.15) is 29.0 Å². The van der Waals surface area contributed by atoms with E-state index in [1.165, 1.54) is 18.2 Å². The summed E-state index contributed by atoms with van der Waals surface area (Å²) in [5.74, 6) is -4.26. The molecule has 1 saturated heterocycles. The molecule has 0 amide bonds. The molecule has 0 bridgehead atoms. The van der Waals surface area contributed by atoms with Gasteiger partial charge in [0.2, 0.25) is 5.78 Å². The lowest BCUT2D eigenvalue weighted by molar-refractivity contribution is -0.285. The summed E-state index contributed by atoms with van der Waals surface area (Å²) in [5.41, 5.74) is 2.60. The summed E-state index contributed by atoms with van der Waals surface area (Å²) in [4.78, 5) is 39.8. The zero-order valence-corrected chi connectivity index (χ0v) is 26.5. The van der Waals surface area contributed by atoms with Crippen LogP contribution in [0.5, 0.6) is 17.2 Å². The van der Waals surface area contributed by atoms with Crippen molar-refractivity contribution in [1.29, 1.82) is 0 Å². The topological polar surface area (TPSA) is 236 Å². The monoisotopic (exact) mass is 659 g/mol. The largest absolute Gasteiger partial charge is 0.507 e. The molecule has 256 valence electrons. The normalized spacial score (nSPS) is 29.0. The van der Waals surface area contributed by atoms with Gasteiger partial charge in [0.25, 0.3) is 0 Å². The first-order valence-electron chi connectivity index (χ1n) is 15.5. The number of benzene rings is 2. The van der Waals surface area contributed by atoms with Gasteiger partial charge < -0.3 is 55.3 Å². The third-order valence-corrected chi connectivity index (χ3v) is 9.04. The van der Waals surface area contributed by atoms with Crippen LogP contribution < -0.4 is 5.73 Å². The number of aromatic hydroxyl groups is 3. The number of aliphatic hydroxyl groups is 3. The molecule has 14 nitrogen and oxygen atoms in total. The van der Waals surface area contributed by atoms with Crippen molar-refractivity contribution in [3.05, 3.63) is 51.6 Å². The Morgan fingerprint density at radius 2 is 1.79 bits per heavy atom. The Balaban J connectivity index is 1.48. The van der Waals surface area contributed by atoms with E-state index < -0.39 is 113 Å². The Labute approximate surface area is 270 Å². The van der Waals surface area contributed by atoms with E-state index in [0.29, 0.717) is 0 Å². The van der Waals surface area contributed by atoms with Gasteiger partial charge in [-0.15, -0.1) is 0 Å². The van der Waals surface area contributed by atoms with E-state index in [1.54, 1.807) is 20.8 Å². The lowest BCUT2D eigenvalue weighted by Gasteiger charge is -2.43. The first-order chi connectivity index (χ1) is 22.1. The molecule has 1 heterocycles. The molecule has 0 spiro atoms. The highest BCUT2D eigenvalue weighted by Crippen LogP contribution is 2.52. The Morgan fingerprint density at radius 3 is 2.40 bits per heavy atom. The van der Waals surface area contributed by atoms with Crippen LogP contribution in [0.3, 0.4) is 0 Å². The Bertz CT molecular complexity index is 1560. The molecule has 3 aliphatic rings. The number of carbonyl (C=O) groups excluding carboxylic acids is 3. The van der Waals surface area contributed by atoms with E-state index in [4.69, 9.17) is 24.7 Å². The zero-order chi connectivity index (χ0) is 34.5. The van der Waals surface area contributed by atoms with Crippen molar-refractivity contribution >= 4 is 17.3 Å². The van der Waals surface area contributed by atoms with E-state index >= 15 is 0 Å². The number of phenols is 3. The standard InChI is InChI=1S/C33H41NO13/c1-13(36)8-22(44-14(2)12-35)47-32-15(3)45-23(9-19(32)34)46-21-11-33(43,16(4)37)10-18-25(21)31(42)27-26(29(18)40)28(39)17-6-5-7-20(38)24(17)30(27)41/h5-7,13-15,19,21-23,32,35-36,38,40,42-43H,8-12,34H2,1-4H3/t13-,14+,15-,19-,21-,22+,23+,32-,33-/m1/s1. The molecule has 9 atom stereocenters. The van der Waals surface area contributed by atoms with Gasteiger partial charge in [0.05, 0.1) is 47.7 Å². The number of ether oxygens (including phenoxy) is 4. The Kier molecular flexibility index (Phi) is 9.79. The molecule has 1 fully saturated rings. The van der Waals surface area contributed by atoms with E-state index in [2.05, 4.69) is 0 Å². The molecule has 0 radical (unpaired) electrons. The maximum atomic E-state index is 13.6. The molecule has 2 aromatic carbocycles. The number of rotatable bonds is 10. The number of Topliss-reactive ketones (excluding diaryl/α,β-unsaturated/α-hetero) is 1. The Hall–Kier alpha value is -3.47. The van der Waals surface area contributed by atoms with Crippen molar-refractivity contribution in [1.82, 2.24) is 0 Å². The van der Waals surface area contributed by atoms with Crippen molar-refractivity contribution in [3.8, 4) is 17.2 Å². The molecule has 47 heavy (non-hydrogen) atoms. The highest BCUT2D eigenvalue weighted by atomic mass is 16.7. The minimum absolute atomic E-state index is 0.0205. The lowest BCUT2D eigenvalue weighted by Crippen LogP contribution is -2.55. The van der Waals surface area contributed by atoms with Gasteiger partial charge in [-0.1, -0.05) is 12.1 Å². The van der Waals surface area contributed by atoms with Crippen LogP contribution in [0.4, 0.5) is 0 Å². The number of aliphatic hydroxyl groups excluding tert-OH is 2. The van der Waals surface area contributed by atoms with Crippen LogP contribution >= 0.6 is 0 Å². The van der Waals surface area contributed by atoms with Crippen LogP contribution in [-0.2, 0) is 30.2 Å². The fourth-order valence-electron chi connectivity index (χ4n) is 6.60. The number of fused-ring (bicyclic) bond motifs is 3. The number of hydrogen-bond donors (Lipinski definition) is 7. The van der Waals surface area contributed by atoms with Crippen molar-refractivity contribution in [3.63, 3.8) is 0 Å². The molecular weight excluding hydrogens is 618 g/mol. The van der Waals surface area contributed by atoms with Crippen molar-refractivity contribution < 1.29 is 64.0 Å². The smallest absolute Gasteiger partial charge is 0.202 e. The zero-order valence-electron chi connectivity index (χ0n) is 26.5. The fraction of sp³-hybridized carbons (Fsp3) is 0.545. The van der Waals surface area contributed by atoms with Crippen LogP contribution in [0.1, 0.15) is 96.0 Å². The molecule has 2 aliphatic carbocycles. The van der Waals surface area contributed by atoms with Crippen LogP contribution in [-0.4, -0.2) is 103 Å². The summed E-state index contributed by atoms with van der Waals surface area (Å²) in [6, 6.07) is 3.17. The summed E-state index contributed by atoms with van der Waals surface area (Å²) in [6.45, 7) is 5.76. The fourth-order valence-corrected chi connectivity index (χ4v) is 6.60. The van der Waals surface area contributed by atoms with Crippen molar-refractivity contribution in [2.45, 2.75) is 108 Å². The predicted octanol–water partition coefficient (Wildman–Crippen LogP) is 1.24. The molecule has 2 aromatic rings. The predicted molar refractivity (Wildman–Crippen MR) is 162 cm³/mol. The van der Waals surface area contributed by atoms with E-state index in [1.807, 2.05) is 0 Å². The van der Waals surface area contributed by atoms with Gasteiger partial charge in [-0.3, -0.25) is 14.4 Å². The number of carbonyl (C=O) groups is 3.